The molecule has 0 aromatic heterocycles. The predicted octanol–water partition coefficient (Wildman–Crippen LogP) is 5.88. The fourth-order valence-electron chi connectivity index (χ4n) is 2.23. The molecule has 0 radical (unpaired) electrons. The third kappa shape index (κ3) is 7.14. The van der Waals surface area contributed by atoms with E-state index in [1.54, 1.807) is 12.1 Å². The molecule has 2 aromatic rings. The summed E-state index contributed by atoms with van der Waals surface area (Å²) in [6.07, 6.45) is 0. The van der Waals surface area contributed by atoms with Gasteiger partial charge in [-0.3, -0.25) is 0 Å². The van der Waals surface area contributed by atoms with Crippen molar-refractivity contribution in [2.45, 2.75) is 46.4 Å². The molecule has 2 rings (SSSR count). The Morgan fingerprint density at radius 1 is 1.04 bits per heavy atom. The number of benzene rings is 2. The van der Waals surface area contributed by atoms with Crippen LogP contribution < -0.4 is 14.8 Å². The summed E-state index contributed by atoms with van der Waals surface area (Å²) in [4.78, 5) is 0. The molecule has 0 atom stereocenters. The third-order valence-electron chi connectivity index (χ3n) is 3.49. The number of hydrogen-bond acceptors (Lipinski definition) is 3. The second-order valence-electron chi connectivity index (χ2n) is 6.86. The second kappa shape index (κ2) is 10.1. The van der Waals surface area contributed by atoms with Gasteiger partial charge < -0.3 is 14.8 Å². The maximum absolute atomic E-state index is 13.0. The van der Waals surface area contributed by atoms with Gasteiger partial charge in [-0.1, -0.05) is 12.1 Å². The van der Waals surface area contributed by atoms with E-state index in [9.17, 15) is 4.39 Å². The molecule has 6 heteroatoms. The van der Waals surface area contributed by atoms with Gasteiger partial charge in [0.15, 0.2) is 11.5 Å². The van der Waals surface area contributed by atoms with E-state index in [1.165, 1.54) is 12.1 Å². The maximum Gasteiger partial charge on any atom is 0.175 e. The molecule has 0 aliphatic rings. The standard InChI is InChI=1S/C20H25BrFNO2.ClH/c1-5-24-18-11-15(12-23-20(2,3)4)10-17(21)19(18)25-13-14-6-8-16(22)9-7-14;/h6-11,23H,5,12-13H2,1-4H3;1H. The average Bonchev–Trinajstić information content (AvgIpc) is 2.53. The van der Waals surface area contributed by atoms with Gasteiger partial charge in [0.2, 0.25) is 0 Å². The van der Waals surface area contributed by atoms with Crippen LogP contribution in [0.1, 0.15) is 38.8 Å². The topological polar surface area (TPSA) is 30.5 Å². The molecular weight excluding hydrogens is 421 g/mol. The minimum Gasteiger partial charge on any atom is -0.490 e. The first-order valence-corrected chi connectivity index (χ1v) is 9.15. The van der Waals surface area contributed by atoms with E-state index in [-0.39, 0.29) is 23.8 Å². The van der Waals surface area contributed by atoms with Crippen molar-refractivity contribution in [3.63, 3.8) is 0 Å². The Balaban J connectivity index is 0.00000338. The Hall–Kier alpha value is -1.30. The number of nitrogens with one attached hydrogen (secondary N) is 1. The lowest BCUT2D eigenvalue weighted by molar-refractivity contribution is 0.267. The molecule has 2 aromatic carbocycles. The molecule has 3 nitrogen and oxygen atoms in total. The van der Waals surface area contributed by atoms with Gasteiger partial charge in [-0.05, 0) is 79.0 Å². The van der Waals surface area contributed by atoms with Crippen molar-refractivity contribution in [2.75, 3.05) is 6.61 Å². The quantitative estimate of drug-likeness (QED) is 0.576. The van der Waals surface area contributed by atoms with E-state index in [0.717, 1.165) is 22.1 Å². The van der Waals surface area contributed by atoms with Gasteiger partial charge in [-0.15, -0.1) is 12.4 Å². The summed E-state index contributed by atoms with van der Waals surface area (Å²) in [7, 11) is 0. The van der Waals surface area contributed by atoms with E-state index < -0.39 is 0 Å². The Kier molecular flexibility index (Phi) is 8.87. The fraction of sp³-hybridized carbons (Fsp3) is 0.400. The molecule has 0 fully saturated rings. The van der Waals surface area contributed by atoms with Crippen molar-refractivity contribution >= 4 is 28.3 Å². The maximum atomic E-state index is 13.0. The Bertz CT molecular complexity index is 702. The minimum atomic E-state index is -0.254. The van der Waals surface area contributed by atoms with Crippen molar-refractivity contribution in [3.05, 3.63) is 57.8 Å². The monoisotopic (exact) mass is 445 g/mol. The van der Waals surface area contributed by atoms with Gasteiger partial charge in [0.25, 0.3) is 0 Å². The molecule has 0 unspecified atom stereocenters. The molecule has 0 spiro atoms. The van der Waals surface area contributed by atoms with Gasteiger partial charge in [-0.2, -0.15) is 0 Å². The molecule has 1 N–H and O–H groups in total. The number of ether oxygens (including phenoxy) is 2. The van der Waals surface area contributed by atoms with E-state index in [0.29, 0.717) is 24.7 Å². The van der Waals surface area contributed by atoms with Crippen LogP contribution in [-0.2, 0) is 13.2 Å². The highest BCUT2D eigenvalue weighted by Crippen LogP contribution is 2.37. The molecular formula is C20H26BrClFNO2. The van der Waals surface area contributed by atoms with Crippen molar-refractivity contribution in [1.82, 2.24) is 5.32 Å². The molecule has 0 amide bonds. The van der Waals surface area contributed by atoms with E-state index in [1.807, 2.05) is 19.1 Å². The molecule has 0 saturated carbocycles. The third-order valence-corrected chi connectivity index (χ3v) is 4.08. The van der Waals surface area contributed by atoms with Crippen molar-refractivity contribution in [2.24, 2.45) is 0 Å². The molecule has 0 heterocycles. The highest BCUT2D eigenvalue weighted by Gasteiger charge is 2.14. The zero-order chi connectivity index (χ0) is 18.4. The highest BCUT2D eigenvalue weighted by atomic mass is 79.9. The van der Waals surface area contributed by atoms with Crippen LogP contribution in [0.3, 0.4) is 0 Å². The Labute approximate surface area is 169 Å². The van der Waals surface area contributed by atoms with Crippen LogP contribution in [0.25, 0.3) is 0 Å². The smallest absolute Gasteiger partial charge is 0.175 e. The first-order valence-electron chi connectivity index (χ1n) is 8.36. The van der Waals surface area contributed by atoms with Crippen LogP contribution in [0.2, 0.25) is 0 Å². The molecule has 0 aliphatic heterocycles. The lowest BCUT2D eigenvalue weighted by Gasteiger charge is -2.21. The summed E-state index contributed by atoms with van der Waals surface area (Å²) in [6, 6.07) is 10.3. The summed E-state index contributed by atoms with van der Waals surface area (Å²) in [5.41, 5.74) is 2.05. The van der Waals surface area contributed by atoms with Gasteiger partial charge in [0.1, 0.15) is 12.4 Å². The lowest BCUT2D eigenvalue weighted by atomic mass is 10.1. The molecule has 144 valence electrons. The number of rotatable bonds is 7. The molecule has 26 heavy (non-hydrogen) atoms. The summed E-state index contributed by atoms with van der Waals surface area (Å²) >= 11 is 3.58. The van der Waals surface area contributed by atoms with Crippen LogP contribution in [0.5, 0.6) is 11.5 Å². The van der Waals surface area contributed by atoms with Gasteiger partial charge in [0.05, 0.1) is 11.1 Å². The van der Waals surface area contributed by atoms with Gasteiger partial charge in [0, 0.05) is 12.1 Å². The molecule has 0 bridgehead atoms. The van der Waals surface area contributed by atoms with Crippen molar-refractivity contribution < 1.29 is 13.9 Å². The first kappa shape index (κ1) is 22.7. The second-order valence-corrected chi connectivity index (χ2v) is 7.71. The summed E-state index contributed by atoms with van der Waals surface area (Å²) < 4.78 is 25.5. The van der Waals surface area contributed by atoms with Crippen LogP contribution in [-0.4, -0.2) is 12.1 Å². The number of hydrogen-bond donors (Lipinski definition) is 1. The molecule has 0 aliphatic carbocycles. The van der Waals surface area contributed by atoms with Crippen LogP contribution in [0, 0.1) is 5.82 Å². The fourth-order valence-corrected chi connectivity index (χ4v) is 2.83. The van der Waals surface area contributed by atoms with Gasteiger partial charge in [-0.25, -0.2) is 4.39 Å². The lowest BCUT2D eigenvalue weighted by Crippen LogP contribution is -2.35. The van der Waals surface area contributed by atoms with E-state index >= 15 is 0 Å². The Morgan fingerprint density at radius 2 is 1.69 bits per heavy atom. The zero-order valence-electron chi connectivity index (χ0n) is 15.6. The van der Waals surface area contributed by atoms with Crippen molar-refractivity contribution in [3.8, 4) is 11.5 Å². The van der Waals surface area contributed by atoms with Crippen LogP contribution >= 0.6 is 28.3 Å². The summed E-state index contributed by atoms with van der Waals surface area (Å²) in [5.74, 6) is 1.10. The summed E-state index contributed by atoms with van der Waals surface area (Å²) in [5, 5.41) is 3.46. The van der Waals surface area contributed by atoms with Gasteiger partial charge >= 0.3 is 0 Å². The first-order chi connectivity index (χ1) is 11.8. The van der Waals surface area contributed by atoms with Crippen LogP contribution in [0.4, 0.5) is 4.39 Å². The van der Waals surface area contributed by atoms with E-state index in [4.69, 9.17) is 9.47 Å². The molecule has 0 saturated heterocycles. The Morgan fingerprint density at radius 3 is 2.27 bits per heavy atom. The average molecular weight is 447 g/mol. The normalized spacial score (nSPS) is 11.0. The summed E-state index contributed by atoms with van der Waals surface area (Å²) in [6.45, 7) is 9.97. The number of halogens is 3. The largest absolute Gasteiger partial charge is 0.490 e. The highest BCUT2D eigenvalue weighted by molar-refractivity contribution is 9.10. The SMILES string of the molecule is CCOc1cc(CNC(C)(C)C)cc(Br)c1OCc1ccc(F)cc1.Cl. The van der Waals surface area contributed by atoms with Crippen LogP contribution in [0.15, 0.2) is 40.9 Å². The zero-order valence-corrected chi connectivity index (χ0v) is 18.0. The van der Waals surface area contributed by atoms with Crippen molar-refractivity contribution in [1.29, 1.82) is 0 Å². The van der Waals surface area contributed by atoms with E-state index in [2.05, 4.69) is 42.0 Å². The minimum absolute atomic E-state index is 0. The predicted molar refractivity (Wildman–Crippen MR) is 110 cm³/mol.